The first-order valence-electron chi connectivity index (χ1n) is 6.18. The van der Waals surface area contributed by atoms with Crippen molar-refractivity contribution < 1.29 is 9.53 Å². The van der Waals surface area contributed by atoms with Gasteiger partial charge in [-0.2, -0.15) is 0 Å². The van der Waals surface area contributed by atoms with Crippen LogP contribution in [0.15, 0.2) is 47.1 Å². The van der Waals surface area contributed by atoms with Crippen LogP contribution in [-0.4, -0.2) is 24.5 Å². The highest BCUT2D eigenvalue weighted by atomic mass is 79.9. The molecule has 0 aliphatic heterocycles. The van der Waals surface area contributed by atoms with E-state index in [-0.39, 0.29) is 12.5 Å². The molecule has 1 amide bonds. The Bertz CT molecular complexity index is 677. The Kier molecular flexibility index (Phi) is 4.96. The normalized spacial score (nSPS) is 9.76. The molecule has 2 rings (SSSR count). The molecule has 1 aromatic carbocycles. The van der Waals surface area contributed by atoms with Crippen molar-refractivity contribution in [3.05, 3.63) is 52.8 Å². The number of anilines is 1. The van der Waals surface area contributed by atoms with Gasteiger partial charge in [-0.25, -0.2) is 4.98 Å². The van der Waals surface area contributed by atoms with Crippen molar-refractivity contribution in [3.63, 3.8) is 0 Å². The third-order valence-corrected chi connectivity index (χ3v) is 3.45. The minimum atomic E-state index is -0.195. The number of benzene rings is 1. The lowest BCUT2D eigenvalue weighted by Crippen LogP contribution is -2.27. The Morgan fingerprint density at radius 2 is 2.10 bits per heavy atom. The predicted molar refractivity (Wildman–Crippen MR) is 85.4 cm³/mol. The molecule has 0 N–H and O–H groups in total. The number of ether oxygens (including phenoxy) is 1. The summed E-state index contributed by atoms with van der Waals surface area (Å²) in [6.07, 6.45) is 6.72. The van der Waals surface area contributed by atoms with Crippen LogP contribution >= 0.6 is 15.9 Å². The molecule has 0 bridgehead atoms. The fraction of sp³-hybridized carbons (Fsp3) is 0.125. The second kappa shape index (κ2) is 6.91. The van der Waals surface area contributed by atoms with Gasteiger partial charge in [0.05, 0.1) is 0 Å². The molecule has 2 aromatic rings. The molecule has 0 saturated carbocycles. The van der Waals surface area contributed by atoms with Crippen molar-refractivity contribution in [1.29, 1.82) is 0 Å². The van der Waals surface area contributed by atoms with E-state index in [1.807, 2.05) is 0 Å². The van der Waals surface area contributed by atoms with Crippen LogP contribution in [0.25, 0.3) is 0 Å². The maximum Gasteiger partial charge on any atom is 0.277 e. The van der Waals surface area contributed by atoms with Gasteiger partial charge in [-0.15, -0.1) is 6.42 Å². The first-order valence-corrected chi connectivity index (χ1v) is 6.97. The van der Waals surface area contributed by atoms with E-state index >= 15 is 0 Å². The van der Waals surface area contributed by atoms with E-state index < -0.39 is 0 Å². The summed E-state index contributed by atoms with van der Waals surface area (Å²) in [5.74, 6) is 2.87. The Balaban J connectivity index is 2.16. The molecule has 106 valence electrons. The molecule has 0 spiro atoms. The lowest BCUT2D eigenvalue weighted by Gasteiger charge is -2.17. The van der Waals surface area contributed by atoms with Crippen molar-refractivity contribution in [3.8, 4) is 18.1 Å². The van der Waals surface area contributed by atoms with Gasteiger partial charge in [0.25, 0.3) is 5.91 Å². The largest absolute Gasteiger partial charge is 0.481 e. The van der Waals surface area contributed by atoms with Crippen LogP contribution < -0.4 is 9.64 Å². The Labute approximate surface area is 131 Å². The van der Waals surface area contributed by atoms with Gasteiger partial charge in [-0.3, -0.25) is 4.79 Å². The predicted octanol–water partition coefficient (Wildman–Crippen LogP) is 3.13. The van der Waals surface area contributed by atoms with Crippen LogP contribution in [-0.2, 0) is 0 Å². The van der Waals surface area contributed by atoms with Crippen LogP contribution in [0.5, 0.6) is 5.75 Å². The molecule has 0 radical (unpaired) electrons. The number of hydrogen-bond acceptors (Lipinski definition) is 3. The monoisotopic (exact) mass is 344 g/mol. The smallest absolute Gasteiger partial charge is 0.277 e. The SMILES string of the molecule is C#CCOc1ccc(N(C)C(=O)c2ncccc2Br)cc1. The number of halogens is 1. The van der Waals surface area contributed by atoms with E-state index in [9.17, 15) is 4.79 Å². The van der Waals surface area contributed by atoms with Crippen molar-refractivity contribution in [1.82, 2.24) is 4.98 Å². The topological polar surface area (TPSA) is 42.4 Å². The second-order valence-corrected chi connectivity index (χ2v) is 5.04. The fourth-order valence-electron chi connectivity index (χ4n) is 1.71. The number of nitrogens with zero attached hydrogens (tertiary/aromatic N) is 2. The first-order chi connectivity index (χ1) is 10.1. The summed E-state index contributed by atoms with van der Waals surface area (Å²) < 4.78 is 5.96. The number of carbonyl (C=O) groups excluding carboxylic acids is 1. The standard InChI is InChI=1S/C16H13BrN2O2/c1-3-11-21-13-8-6-12(7-9-13)19(2)16(20)15-14(17)5-4-10-18-15/h1,4-10H,11H2,2H3. The maximum absolute atomic E-state index is 12.4. The highest BCUT2D eigenvalue weighted by Gasteiger charge is 2.17. The Hall–Kier alpha value is -2.32. The van der Waals surface area contributed by atoms with E-state index in [0.29, 0.717) is 15.9 Å². The summed E-state index contributed by atoms with van der Waals surface area (Å²) >= 11 is 3.33. The average Bonchev–Trinajstić information content (AvgIpc) is 2.52. The molecule has 0 atom stereocenters. The molecular formula is C16H13BrN2O2. The molecule has 1 aromatic heterocycles. The molecule has 0 fully saturated rings. The zero-order valence-electron chi connectivity index (χ0n) is 11.4. The number of pyridine rings is 1. The van der Waals surface area contributed by atoms with Gasteiger partial charge in [0.2, 0.25) is 0 Å². The van der Waals surface area contributed by atoms with Gasteiger partial charge in [0, 0.05) is 23.4 Å². The van der Waals surface area contributed by atoms with E-state index in [0.717, 1.165) is 5.69 Å². The van der Waals surface area contributed by atoms with Gasteiger partial charge in [-0.1, -0.05) is 5.92 Å². The second-order valence-electron chi connectivity index (χ2n) is 4.18. The molecule has 0 unspecified atom stereocenters. The van der Waals surface area contributed by atoms with E-state index in [4.69, 9.17) is 11.2 Å². The number of aromatic nitrogens is 1. The lowest BCUT2D eigenvalue weighted by atomic mass is 10.2. The number of hydrogen-bond donors (Lipinski definition) is 0. The Morgan fingerprint density at radius 3 is 2.71 bits per heavy atom. The molecule has 21 heavy (non-hydrogen) atoms. The number of carbonyl (C=O) groups is 1. The molecule has 0 saturated heterocycles. The highest BCUT2D eigenvalue weighted by Crippen LogP contribution is 2.22. The van der Waals surface area contributed by atoms with E-state index in [1.54, 1.807) is 49.6 Å². The third-order valence-electron chi connectivity index (χ3n) is 2.81. The maximum atomic E-state index is 12.4. The quantitative estimate of drug-likeness (QED) is 0.800. The molecule has 0 aliphatic rings. The van der Waals surface area contributed by atoms with Crippen LogP contribution in [0.1, 0.15) is 10.5 Å². The highest BCUT2D eigenvalue weighted by molar-refractivity contribution is 9.10. The summed E-state index contributed by atoms with van der Waals surface area (Å²) in [6.45, 7) is 0.217. The molecule has 0 aliphatic carbocycles. The lowest BCUT2D eigenvalue weighted by molar-refractivity contribution is 0.0987. The zero-order chi connectivity index (χ0) is 15.2. The van der Waals surface area contributed by atoms with Crippen molar-refractivity contribution in [2.75, 3.05) is 18.6 Å². The fourth-order valence-corrected chi connectivity index (χ4v) is 2.13. The summed E-state index contributed by atoms with van der Waals surface area (Å²) in [4.78, 5) is 18.0. The van der Waals surface area contributed by atoms with Gasteiger partial charge < -0.3 is 9.64 Å². The molecule has 5 heteroatoms. The van der Waals surface area contributed by atoms with Gasteiger partial charge in [-0.05, 0) is 52.3 Å². The first kappa shape index (κ1) is 15.1. The molecule has 4 nitrogen and oxygen atoms in total. The molecular weight excluding hydrogens is 332 g/mol. The summed E-state index contributed by atoms with van der Waals surface area (Å²) in [5.41, 5.74) is 1.11. The van der Waals surface area contributed by atoms with Crippen LogP contribution in [0.3, 0.4) is 0 Å². The van der Waals surface area contributed by atoms with Gasteiger partial charge >= 0.3 is 0 Å². The summed E-state index contributed by atoms with van der Waals surface area (Å²) in [6, 6.07) is 10.7. The van der Waals surface area contributed by atoms with Crippen LogP contribution in [0, 0.1) is 12.3 Å². The third kappa shape index (κ3) is 3.61. The minimum Gasteiger partial charge on any atom is -0.481 e. The van der Waals surface area contributed by atoms with Gasteiger partial charge in [0.1, 0.15) is 18.1 Å². The van der Waals surface area contributed by atoms with Crippen molar-refractivity contribution in [2.45, 2.75) is 0 Å². The van der Waals surface area contributed by atoms with Crippen LogP contribution in [0.2, 0.25) is 0 Å². The zero-order valence-corrected chi connectivity index (χ0v) is 13.0. The van der Waals surface area contributed by atoms with Crippen molar-refractivity contribution >= 4 is 27.5 Å². The van der Waals surface area contributed by atoms with Crippen molar-refractivity contribution in [2.24, 2.45) is 0 Å². The number of rotatable bonds is 4. The summed E-state index contributed by atoms with van der Waals surface area (Å²) in [5, 5.41) is 0. The molecule has 1 heterocycles. The van der Waals surface area contributed by atoms with Gasteiger partial charge in [0.15, 0.2) is 0 Å². The number of terminal acetylenes is 1. The van der Waals surface area contributed by atoms with E-state index in [1.165, 1.54) is 4.90 Å². The Morgan fingerprint density at radius 1 is 1.38 bits per heavy atom. The van der Waals surface area contributed by atoms with E-state index in [2.05, 4.69) is 26.8 Å². The average molecular weight is 345 g/mol. The number of amides is 1. The minimum absolute atomic E-state index is 0.195. The van der Waals surface area contributed by atoms with Crippen LogP contribution in [0.4, 0.5) is 5.69 Å². The summed E-state index contributed by atoms with van der Waals surface area (Å²) in [7, 11) is 1.70.